The number of aryl methyl sites for hydroxylation is 1. The van der Waals surface area contributed by atoms with Gasteiger partial charge < -0.3 is 9.72 Å². The zero-order valence-corrected chi connectivity index (χ0v) is 12.9. The monoisotopic (exact) mass is 276 g/mol. The van der Waals surface area contributed by atoms with Crippen LogP contribution >= 0.6 is 12.2 Å². The number of rotatable bonds is 2. The number of imidazole rings is 1. The second-order valence-corrected chi connectivity index (χ2v) is 6.13. The highest BCUT2D eigenvalue weighted by atomic mass is 32.1. The van der Waals surface area contributed by atoms with Crippen molar-refractivity contribution in [1.29, 1.82) is 0 Å². The smallest absolute Gasteiger partial charge is 0.182 e. The van der Waals surface area contributed by atoms with Crippen LogP contribution in [-0.2, 0) is 5.41 Å². The number of hydrogen-bond donors (Lipinski definition) is 1. The van der Waals surface area contributed by atoms with Crippen molar-refractivity contribution in [1.82, 2.24) is 9.55 Å². The summed E-state index contributed by atoms with van der Waals surface area (Å²) in [7, 11) is 1.68. The van der Waals surface area contributed by atoms with Crippen molar-refractivity contribution >= 4 is 12.2 Å². The summed E-state index contributed by atoms with van der Waals surface area (Å²) in [5, 5.41) is 0. The molecule has 0 amide bonds. The van der Waals surface area contributed by atoms with Crippen molar-refractivity contribution < 1.29 is 4.74 Å². The SMILES string of the molecule is COc1ccc(C)cc1-n1c(C(C)(C)C)c[nH]c1=S. The third-order valence-electron chi connectivity index (χ3n) is 3.12. The summed E-state index contributed by atoms with van der Waals surface area (Å²) in [6.45, 7) is 8.58. The highest BCUT2D eigenvalue weighted by Gasteiger charge is 2.21. The fourth-order valence-corrected chi connectivity index (χ4v) is 2.39. The first kappa shape index (κ1) is 13.9. The van der Waals surface area contributed by atoms with Crippen molar-refractivity contribution in [3.8, 4) is 11.4 Å². The molecule has 1 N–H and O–H groups in total. The molecule has 4 heteroatoms. The van der Waals surface area contributed by atoms with Crippen molar-refractivity contribution in [2.24, 2.45) is 0 Å². The van der Waals surface area contributed by atoms with E-state index < -0.39 is 0 Å². The lowest BCUT2D eigenvalue weighted by Gasteiger charge is -2.22. The van der Waals surface area contributed by atoms with E-state index in [0.29, 0.717) is 4.77 Å². The highest BCUT2D eigenvalue weighted by Crippen LogP contribution is 2.30. The maximum absolute atomic E-state index is 5.47. The second-order valence-electron chi connectivity index (χ2n) is 5.74. The van der Waals surface area contributed by atoms with Gasteiger partial charge in [0.05, 0.1) is 12.8 Å². The van der Waals surface area contributed by atoms with E-state index in [0.717, 1.165) is 17.1 Å². The van der Waals surface area contributed by atoms with E-state index in [1.165, 1.54) is 5.56 Å². The number of ether oxygens (including phenoxy) is 1. The molecule has 19 heavy (non-hydrogen) atoms. The van der Waals surface area contributed by atoms with Crippen LogP contribution in [0.15, 0.2) is 24.4 Å². The van der Waals surface area contributed by atoms with Gasteiger partial charge in [0, 0.05) is 17.3 Å². The van der Waals surface area contributed by atoms with E-state index in [4.69, 9.17) is 17.0 Å². The Hall–Kier alpha value is -1.55. The molecule has 2 aromatic rings. The number of aromatic amines is 1. The molecule has 2 rings (SSSR count). The van der Waals surface area contributed by atoms with Gasteiger partial charge in [-0.05, 0) is 36.8 Å². The quantitative estimate of drug-likeness (QED) is 0.835. The minimum atomic E-state index is 0.00230. The number of aromatic nitrogens is 2. The lowest BCUT2D eigenvalue weighted by Crippen LogP contribution is -2.17. The van der Waals surface area contributed by atoms with E-state index in [-0.39, 0.29) is 5.41 Å². The Morgan fingerprint density at radius 3 is 2.53 bits per heavy atom. The second kappa shape index (κ2) is 4.85. The minimum Gasteiger partial charge on any atom is -0.495 e. The summed E-state index contributed by atoms with van der Waals surface area (Å²) < 4.78 is 8.21. The molecule has 0 fully saturated rings. The van der Waals surface area contributed by atoms with Gasteiger partial charge in [-0.1, -0.05) is 26.8 Å². The minimum absolute atomic E-state index is 0.00230. The van der Waals surface area contributed by atoms with Gasteiger partial charge in [-0.15, -0.1) is 0 Å². The normalized spacial score (nSPS) is 11.6. The van der Waals surface area contributed by atoms with Crippen LogP contribution in [0.3, 0.4) is 0 Å². The number of nitrogens with zero attached hydrogens (tertiary/aromatic N) is 1. The van der Waals surface area contributed by atoms with Gasteiger partial charge in [-0.2, -0.15) is 0 Å². The Kier molecular flexibility index (Phi) is 3.54. The summed E-state index contributed by atoms with van der Waals surface area (Å²) in [5.41, 5.74) is 3.31. The Labute approximate surface area is 119 Å². The van der Waals surface area contributed by atoms with Gasteiger partial charge in [0.25, 0.3) is 0 Å². The first-order valence-electron chi connectivity index (χ1n) is 6.30. The van der Waals surface area contributed by atoms with E-state index in [2.05, 4.69) is 43.3 Å². The molecule has 1 heterocycles. The number of benzene rings is 1. The molecule has 0 saturated heterocycles. The summed E-state index contributed by atoms with van der Waals surface area (Å²) in [6.07, 6.45) is 1.98. The molecule has 0 bridgehead atoms. The average molecular weight is 276 g/mol. The topological polar surface area (TPSA) is 29.9 Å². The van der Waals surface area contributed by atoms with Gasteiger partial charge in [0.15, 0.2) is 4.77 Å². The molecule has 0 spiro atoms. The highest BCUT2D eigenvalue weighted by molar-refractivity contribution is 7.71. The molecule has 1 aromatic carbocycles. The predicted molar refractivity (Wildman–Crippen MR) is 80.9 cm³/mol. The van der Waals surface area contributed by atoms with Crippen LogP contribution in [0.1, 0.15) is 32.0 Å². The van der Waals surface area contributed by atoms with Crippen molar-refractivity contribution in [3.05, 3.63) is 40.4 Å². The van der Waals surface area contributed by atoms with Crippen LogP contribution in [0.25, 0.3) is 5.69 Å². The van der Waals surface area contributed by atoms with E-state index in [1.54, 1.807) is 7.11 Å². The first-order chi connectivity index (χ1) is 8.84. The fourth-order valence-electron chi connectivity index (χ4n) is 2.13. The molecule has 0 aliphatic heterocycles. The summed E-state index contributed by atoms with van der Waals surface area (Å²) >= 11 is 5.43. The van der Waals surface area contributed by atoms with Crippen LogP contribution in [0, 0.1) is 11.7 Å². The van der Waals surface area contributed by atoms with Gasteiger partial charge >= 0.3 is 0 Å². The lowest BCUT2D eigenvalue weighted by molar-refractivity contribution is 0.411. The summed E-state index contributed by atoms with van der Waals surface area (Å²) in [5.74, 6) is 0.826. The zero-order valence-electron chi connectivity index (χ0n) is 12.1. The third-order valence-corrected chi connectivity index (χ3v) is 3.42. The van der Waals surface area contributed by atoms with Crippen molar-refractivity contribution in [3.63, 3.8) is 0 Å². The van der Waals surface area contributed by atoms with Crippen LogP contribution in [-0.4, -0.2) is 16.7 Å². The Morgan fingerprint density at radius 2 is 1.95 bits per heavy atom. The van der Waals surface area contributed by atoms with Crippen LogP contribution in [0.4, 0.5) is 0 Å². The zero-order chi connectivity index (χ0) is 14.2. The predicted octanol–water partition coefficient (Wildman–Crippen LogP) is 4.15. The summed E-state index contributed by atoms with van der Waals surface area (Å²) in [6, 6.07) is 6.11. The molecule has 0 aliphatic rings. The van der Waals surface area contributed by atoms with Crippen LogP contribution in [0.2, 0.25) is 0 Å². The lowest BCUT2D eigenvalue weighted by atomic mass is 9.92. The number of hydrogen-bond acceptors (Lipinski definition) is 2. The van der Waals surface area contributed by atoms with E-state index in [9.17, 15) is 0 Å². The van der Waals surface area contributed by atoms with Crippen LogP contribution in [0.5, 0.6) is 5.75 Å². The molecule has 0 radical (unpaired) electrons. The van der Waals surface area contributed by atoms with Gasteiger partial charge in [0.1, 0.15) is 5.75 Å². The molecule has 3 nitrogen and oxygen atoms in total. The number of H-pyrrole nitrogens is 1. The molecule has 0 unspecified atom stereocenters. The third kappa shape index (κ3) is 2.59. The maximum Gasteiger partial charge on any atom is 0.182 e. The van der Waals surface area contributed by atoms with E-state index in [1.807, 2.05) is 18.3 Å². The molecule has 0 atom stereocenters. The Balaban J connectivity index is 2.76. The van der Waals surface area contributed by atoms with Crippen LogP contribution < -0.4 is 4.74 Å². The first-order valence-corrected chi connectivity index (χ1v) is 6.71. The largest absolute Gasteiger partial charge is 0.495 e. The van der Waals surface area contributed by atoms with E-state index >= 15 is 0 Å². The molecular weight excluding hydrogens is 256 g/mol. The molecule has 0 aliphatic carbocycles. The molecule has 0 saturated carbocycles. The fraction of sp³-hybridized carbons (Fsp3) is 0.400. The number of methoxy groups -OCH3 is 1. The van der Waals surface area contributed by atoms with Gasteiger partial charge in [-0.25, -0.2) is 0 Å². The maximum atomic E-state index is 5.47. The molecule has 1 aromatic heterocycles. The number of nitrogens with one attached hydrogen (secondary N) is 1. The molecular formula is C15H20N2OS. The summed E-state index contributed by atoms with van der Waals surface area (Å²) in [4.78, 5) is 3.14. The molecule has 102 valence electrons. The van der Waals surface area contributed by atoms with Crippen molar-refractivity contribution in [2.75, 3.05) is 7.11 Å². The van der Waals surface area contributed by atoms with Gasteiger partial charge in [-0.3, -0.25) is 4.57 Å². The average Bonchev–Trinajstić information content (AvgIpc) is 2.70. The standard InChI is InChI=1S/C15H20N2OS/c1-10-6-7-12(18-5)11(8-10)17-13(15(2,3)4)9-16-14(17)19/h6-9H,1-5H3,(H,16,19). The van der Waals surface area contributed by atoms with Crippen molar-refractivity contribution in [2.45, 2.75) is 33.1 Å². The van der Waals surface area contributed by atoms with Gasteiger partial charge in [0.2, 0.25) is 0 Å². The Morgan fingerprint density at radius 1 is 1.26 bits per heavy atom. The Bertz CT molecular complexity index is 647.